The molecule has 1 fully saturated rings. The molecule has 11 heteroatoms. The molecule has 0 bridgehead atoms. The lowest BCUT2D eigenvalue weighted by Gasteiger charge is -2.24. The number of rotatable bonds is 11. The van der Waals surface area contributed by atoms with Crippen LogP contribution in [-0.2, 0) is 24.4 Å². The lowest BCUT2D eigenvalue weighted by atomic mass is 10.2. The minimum atomic E-state index is -3.98. The SMILES string of the molecule is CC(C)COC(=O)N(CC(=O)NCCO)c1cccc(S(=O)(=O)N(C)OC2CCCC2)c1. The highest BCUT2D eigenvalue weighted by molar-refractivity contribution is 7.89. The Morgan fingerprint density at radius 3 is 2.56 bits per heavy atom. The zero-order chi connectivity index (χ0) is 23.7. The normalized spacial score (nSPS) is 14.7. The van der Waals surface area contributed by atoms with Crippen molar-refractivity contribution in [1.29, 1.82) is 0 Å². The van der Waals surface area contributed by atoms with Crippen molar-refractivity contribution < 1.29 is 32.7 Å². The van der Waals surface area contributed by atoms with E-state index in [9.17, 15) is 18.0 Å². The van der Waals surface area contributed by atoms with Gasteiger partial charge >= 0.3 is 6.09 Å². The minimum absolute atomic E-state index is 0.0332. The Hall–Kier alpha value is -2.21. The molecule has 0 saturated heterocycles. The molecular formula is C21H33N3O7S. The Kier molecular flexibility index (Phi) is 9.88. The maximum absolute atomic E-state index is 13.0. The first kappa shape index (κ1) is 26.0. The van der Waals surface area contributed by atoms with Crippen LogP contribution in [0.1, 0.15) is 39.5 Å². The average molecular weight is 472 g/mol. The highest BCUT2D eigenvalue weighted by atomic mass is 32.2. The van der Waals surface area contributed by atoms with Gasteiger partial charge in [-0.2, -0.15) is 0 Å². The summed E-state index contributed by atoms with van der Waals surface area (Å²) >= 11 is 0. The summed E-state index contributed by atoms with van der Waals surface area (Å²) in [5.41, 5.74) is 0.188. The number of hydrogen-bond acceptors (Lipinski definition) is 7. The van der Waals surface area contributed by atoms with Gasteiger partial charge in [0.15, 0.2) is 0 Å². The van der Waals surface area contributed by atoms with Gasteiger partial charge in [-0.05, 0) is 37.0 Å². The number of hydrogen-bond donors (Lipinski definition) is 2. The van der Waals surface area contributed by atoms with Crippen LogP contribution in [-0.4, -0.2) is 69.4 Å². The number of carbonyl (C=O) groups excluding carboxylic acids is 2. The first-order valence-electron chi connectivity index (χ1n) is 10.7. The van der Waals surface area contributed by atoms with Crippen LogP contribution in [0.3, 0.4) is 0 Å². The molecule has 2 rings (SSSR count). The van der Waals surface area contributed by atoms with Gasteiger partial charge < -0.3 is 15.2 Å². The molecule has 10 nitrogen and oxygen atoms in total. The first-order valence-corrected chi connectivity index (χ1v) is 12.2. The average Bonchev–Trinajstić information content (AvgIpc) is 3.27. The molecule has 1 aliphatic rings. The predicted molar refractivity (Wildman–Crippen MR) is 118 cm³/mol. The van der Waals surface area contributed by atoms with E-state index >= 15 is 0 Å². The van der Waals surface area contributed by atoms with Crippen LogP contribution in [0.4, 0.5) is 10.5 Å². The molecule has 32 heavy (non-hydrogen) atoms. The molecule has 0 unspecified atom stereocenters. The van der Waals surface area contributed by atoms with E-state index in [0.29, 0.717) is 0 Å². The van der Waals surface area contributed by atoms with Crippen LogP contribution in [0.5, 0.6) is 0 Å². The molecular weight excluding hydrogens is 438 g/mol. The maximum Gasteiger partial charge on any atom is 0.414 e. The molecule has 0 aliphatic heterocycles. The second-order valence-corrected chi connectivity index (χ2v) is 9.99. The smallest absolute Gasteiger partial charge is 0.414 e. The number of hydroxylamine groups is 1. The summed E-state index contributed by atoms with van der Waals surface area (Å²) in [4.78, 5) is 31.5. The largest absolute Gasteiger partial charge is 0.449 e. The fourth-order valence-electron chi connectivity index (χ4n) is 3.19. The Bertz CT molecular complexity index is 870. The summed E-state index contributed by atoms with van der Waals surface area (Å²) in [5, 5.41) is 11.4. The predicted octanol–water partition coefficient (Wildman–Crippen LogP) is 1.89. The third-order valence-corrected chi connectivity index (χ3v) is 6.47. The highest BCUT2D eigenvalue weighted by Crippen LogP contribution is 2.26. The van der Waals surface area contributed by atoms with Crippen molar-refractivity contribution in [3.05, 3.63) is 24.3 Å². The highest BCUT2D eigenvalue weighted by Gasteiger charge is 2.28. The lowest BCUT2D eigenvalue weighted by molar-refractivity contribution is -0.119. The van der Waals surface area contributed by atoms with E-state index < -0.39 is 28.6 Å². The summed E-state index contributed by atoms with van der Waals surface area (Å²) in [7, 11) is -2.63. The van der Waals surface area contributed by atoms with Crippen molar-refractivity contribution in [2.75, 3.05) is 38.3 Å². The summed E-state index contributed by atoms with van der Waals surface area (Å²) in [6.45, 7) is 3.28. The molecule has 2 N–H and O–H groups in total. The van der Waals surface area contributed by atoms with Crippen molar-refractivity contribution in [2.24, 2.45) is 5.92 Å². The van der Waals surface area contributed by atoms with Gasteiger partial charge in [-0.15, -0.1) is 0 Å². The molecule has 0 aromatic heterocycles. The van der Waals surface area contributed by atoms with E-state index in [1.54, 1.807) is 0 Å². The zero-order valence-corrected chi connectivity index (χ0v) is 19.6. The third kappa shape index (κ3) is 7.44. The number of carbonyl (C=O) groups is 2. The van der Waals surface area contributed by atoms with Crippen molar-refractivity contribution >= 4 is 27.7 Å². The van der Waals surface area contributed by atoms with Gasteiger partial charge in [0.1, 0.15) is 6.54 Å². The second kappa shape index (κ2) is 12.1. The summed E-state index contributed by atoms with van der Waals surface area (Å²) in [5.74, 6) is -0.437. The van der Waals surface area contributed by atoms with E-state index in [-0.39, 0.29) is 42.4 Å². The fourth-order valence-corrected chi connectivity index (χ4v) is 4.24. The minimum Gasteiger partial charge on any atom is -0.449 e. The van der Waals surface area contributed by atoms with E-state index in [1.165, 1.54) is 31.3 Å². The number of benzene rings is 1. The van der Waals surface area contributed by atoms with Crippen molar-refractivity contribution in [3.8, 4) is 0 Å². The number of amides is 2. The second-order valence-electron chi connectivity index (χ2n) is 8.05. The number of aliphatic hydroxyl groups is 1. The molecule has 2 amide bonds. The molecule has 0 atom stereocenters. The lowest BCUT2D eigenvalue weighted by Crippen LogP contribution is -2.42. The summed E-state index contributed by atoms with van der Waals surface area (Å²) in [6, 6.07) is 5.71. The van der Waals surface area contributed by atoms with E-state index in [4.69, 9.17) is 14.7 Å². The molecule has 0 radical (unpaired) electrons. The van der Waals surface area contributed by atoms with E-state index in [2.05, 4.69) is 5.32 Å². The monoisotopic (exact) mass is 471 g/mol. The molecule has 1 aliphatic carbocycles. The summed E-state index contributed by atoms with van der Waals surface area (Å²) in [6.07, 6.45) is 2.69. The van der Waals surface area contributed by atoms with Crippen LogP contribution >= 0.6 is 0 Å². The van der Waals surface area contributed by atoms with Gasteiger partial charge in [-0.25, -0.2) is 13.2 Å². The molecule has 0 heterocycles. The number of nitrogens with one attached hydrogen (secondary N) is 1. The van der Waals surface area contributed by atoms with Gasteiger partial charge in [0, 0.05) is 19.3 Å². The topological polar surface area (TPSA) is 125 Å². The molecule has 1 saturated carbocycles. The van der Waals surface area contributed by atoms with Gasteiger partial charge in [-0.1, -0.05) is 37.2 Å². The maximum atomic E-state index is 13.0. The Morgan fingerprint density at radius 1 is 1.25 bits per heavy atom. The zero-order valence-electron chi connectivity index (χ0n) is 18.8. The Labute approximate surface area is 189 Å². The third-order valence-electron chi connectivity index (χ3n) is 4.86. The van der Waals surface area contributed by atoms with Crippen LogP contribution in [0.2, 0.25) is 0 Å². The molecule has 0 spiro atoms. The number of sulfonamides is 1. The number of ether oxygens (including phenoxy) is 1. The van der Waals surface area contributed by atoms with Crippen molar-refractivity contribution in [2.45, 2.75) is 50.5 Å². The van der Waals surface area contributed by atoms with E-state index in [0.717, 1.165) is 35.1 Å². The van der Waals surface area contributed by atoms with Crippen LogP contribution < -0.4 is 10.2 Å². The Morgan fingerprint density at radius 2 is 1.94 bits per heavy atom. The number of anilines is 1. The summed E-state index contributed by atoms with van der Waals surface area (Å²) < 4.78 is 32.1. The van der Waals surface area contributed by atoms with Gasteiger partial charge in [0.05, 0.1) is 24.2 Å². The Balaban J connectivity index is 2.25. The van der Waals surface area contributed by atoms with Crippen molar-refractivity contribution in [3.63, 3.8) is 0 Å². The van der Waals surface area contributed by atoms with Crippen molar-refractivity contribution in [1.82, 2.24) is 9.79 Å². The number of nitrogens with zero attached hydrogens (tertiary/aromatic N) is 2. The standard InChI is InChI=1S/C21H33N3O7S/c1-16(2)15-30-21(27)24(14-20(26)22-11-12-25)17-7-6-10-19(13-17)32(28,29)23(3)31-18-8-4-5-9-18/h6-7,10,13,16,18,25H,4-5,8-9,11-12,14-15H2,1-3H3,(H,22,26). The molecule has 1 aromatic rings. The van der Waals surface area contributed by atoms with Crippen LogP contribution in [0, 0.1) is 5.92 Å². The van der Waals surface area contributed by atoms with Crippen LogP contribution in [0.15, 0.2) is 29.2 Å². The fraction of sp³-hybridized carbons (Fsp3) is 0.619. The quantitative estimate of drug-likeness (QED) is 0.472. The van der Waals surface area contributed by atoms with E-state index in [1.807, 2.05) is 13.8 Å². The van der Waals surface area contributed by atoms with Gasteiger partial charge in [0.25, 0.3) is 10.0 Å². The van der Waals surface area contributed by atoms with Gasteiger partial charge in [-0.3, -0.25) is 14.5 Å². The van der Waals surface area contributed by atoms with Crippen LogP contribution in [0.25, 0.3) is 0 Å². The molecule has 1 aromatic carbocycles. The first-order chi connectivity index (χ1) is 15.1. The number of aliphatic hydroxyl groups excluding tert-OH is 1. The van der Waals surface area contributed by atoms with Gasteiger partial charge in [0.2, 0.25) is 5.91 Å². The molecule has 180 valence electrons.